The molecule has 0 aliphatic heterocycles. The van der Waals surface area contributed by atoms with Crippen LogP contribution in [0, 0.1) is 0 Å². The van der Waals surface area contributed by atoms with Gasteiger partial charge in [0.15, 0.2) is 5.79 Å². The molecule has 0 fully saturated rings. The summed E-state index contributed by atoms with van der Waals surface area (Å²) in [5, 5.41) is 28.5. The third kappa shape index (κ3) is 6.37. The molecule has 0 aromatic heterocycles. The Morgan fingerprint density at radius 3 is 1.92 bits per heavy atom. The molecule has 2 aromatic rings. The fourth-order valence-electron chi connectivity index (χ4n) is 2.48. The predicted molar refractivity (Wildman–Crippen MR) is 97.8 cm³/mol. The molecule has 2 rings (SSSR count). The molecule has 0 saturated carbocycles. The van der Waals surface area contributed by atoms with Gasteiger partial charge >= 0.3 is 5.97 Å². The van der Waals surface area contributed by atoms with Gasteiger partial charge < -0.3 is 15.3 Å². The van der Waals surface area contributed by atoms with Crippen molar-refractivity contribution in [1.82, 2.24) is 0 Å². The van der Waals surface area contributed by atoms with Crippen LogP contribution in [0.3, 0.4) is 0 Å². The zero-order valence-corrected chi connectivity index (χ0v) is 13.9. The van der Waals surface area contributed by atoms with Crippen LogP contribution in [0.25, 0.3) is 5.57 Å². The summed E-state index contributed by atoms with van der Waals surface area (Å²) in [6.07, 6.45) is 4.77. The molecule has 0 unspecified atom stereocenters. The molecule has 3 N–H and O–H groups in total. The Kier molecular flexibility index (Phi) is 6.69. The van der Waals surface area contributed by atoms with Crippen LogP contribution in [0.15, 0.2) is 78.9 Å². The maximum Gasteiger partial charge on any atom is 0.303 e. The third-order valence-electron chi connectivity index (χ3n) is 3.73. The van der Waals surface area contributed by atoms with E-state index in [0.29, 0.717) is 0 Å². The first-order chi connectivity index (χ1) is 12.0. The van der Waals surface area contributed by atoms with Crippen LogP contribution >= 0.6 is 0 Å². The highest BCUT2D eigenvalue weighted by molar-refractivity contribution is 5.80. The van der Waals surface area contributed by atoms with E-state index in [1.54, 1.807) is 6.08 Å². The molecule has 0 aliphatic rings. The van der Waals surface area contributed by atoms with E-state index < -0.39 is 11.8 Å². The molecule has 4 heteroatoms. The Labute approximate surface area is 147 Å². The van der Waals surface area contributed by atoms with E-state index in [9.17, 15) is 15.0 Å². The molecule has 0 atom stereocenters. The molecule has 0 amide bonds. The SMILES string of the molecule is O=C(O)CCCC(O)(O)C=CC=C(c1ccccc1)c1ccccc1. The molecule has 2 aromatic carbocycles. The highest BCUT2D eigenvalue weighted by Gasteiger charge is 2.18. The van der Waals surface area contributed by atoms with Crippen LogP contribution in [0.5, 0.6) is 0 Å². The lowest BCUT2D eigenvalue weighted by atomic mass is 9.97. The highest BCUT2D eigenvalue weighted by Crippen LogP contribution is 2.23. The van der Waals surface area contributed by atoms with E-state index in [0.717, 1.165) is 16.7 Å². The zero-order chi connectivity index (χ0) is 18.1. The van der Waals surface area contributed by atoms with Gasteiger partial charge in [0, 0.05) is 12.8 Å². The number of aliphatic hydroxyl groups is 2. The molecule has 0 bridgehead atoms. The first kappa shape index (κ1) is 18.6. The highest BCUT2D eigenvalue weighted by atomic mass is 16.5. The van der Waals surface area contributed by atoms with Crippen molar-refractivity contribution >= 4 is 11.5 Å². The van der Waals surface area contributed by atoms with Crippen molar-refractivity contribution in [3.05, 3.63) is 90.0 Å². The van der Waals surface area contributed by atoms with Crippen LogP contribution in [-0.4, -0.2) is 27.1 Å². The number of hydrogen-bond acceptors (Lipinski definition) is 3. The molecular weight excluding hydrogens is 316 g/mol. The number of hydrogen-bond donors (Lipinski definition) is 3. The van der Waals surface area contributed by atoms with E-state index in [2.05, 4.69) is 0 Å². The summed E-state index contributed by atoms with van der Waals surface area (Å²) in [7, 11) is 0. The number of benzene rings is 2. The van der Waals surface area contributed by atoms with Crippen molar-refractivity contribution < 1.29 is 20.1 Å². The van der Waals surface area contributed by atoms with Crippen molar-refractivity contribution in [3.63, 3.8) is 0 Å². The summed E-state index contributed by atoms with van der Waals surface area (Å²) < 4.78 is 0. The summed E-state index contributed by atoms with van der Waals surface area (Å²) in [5.74, 6) is -2.97. The topological polar surface area (TPSA) is 77.8 Å². The van der Waals surface area contributed by atoms with Gasteiger partial charge in [-0.05, 0) is 29.2 Å². The molecule has 0 aliphatic carbocycles. The van der Waals surface area contributed by atoms with Gasteiger partial charge in [-0.15, -0.1) is 0 Å². The monoisotopic (exact) mass is 338 g/mol. The van der Waals surface area contributed by atoms with Gasteiger partial charge in [0.25, 0.3) is 0 Å². The molecule has 130 valence electrons. The minimum Gasteiger partial charge on any atom is -0.481 e. The molecule has 0 radical (unpaired) electrons. The van der Waals surface area contributed by atoms with Crippen molar-refractivity contribution in [2.75, 3.05) is 0 Å². The Hall–Kier alpha value is -2.69. The number of carboxylic acid groups (broad SMARTS) is 1. The predicted octanol–water partition coefficient (Wildman–Crippen LogP) is 3.61. The summed E-state index contributed by atoms with van der Waals surface area (Å²) in [4.78, 5) is 10.5. The lowest BCUT2D eigenvalue weighted by molar-refractivity contribution is -0.139. The average molecular weight is 338 g/mol. The standard InChI is InChI=1S/C21H22O4/c22-20(23)14-8-16-21(24,25)15-7-13-19(17-9-3-1-4-10-17)18-11-5-2-6-12-18/h1-7,9-13,15,24-25H,8,14,16H2,(H,22,23). The second-order valence-corrected chi connectivity index (χ2v) is 5.80. The molecule has 0 saturated heterocycles. The van der Waals surface area contributed by atoms with Crippen molar-refractivity contribution in [3.8, 4) is 0 Å². The minimum atomic E-state index is -2.02. The summed E-state index contributed by atoms with van der Waals surface area (Å²) in [5.41, 5.74) is 3.00. The summed E-state index contributed by atoms with van der Waals surface area (Å²) in [6, 6.07) is 19.6. The maximum absolute atomic E-state index is 10.5. The van der Waals surface area contributed by atoms with Crippen molar-refractivity contribution in [2.24, 2.45) is 0 Å². The van der Waals surface area contributed by atoms with Gasteiger partial charge in [-0.3, -0.25) is 4.79 Å². The van der Waals surface area contributed by atoms with Gasteiger partial charge in [0.05, 0.1) is 0 Å². The Morgan fingerprint density at radius 2 is 1.44 bits per heavy atom. The molecule has 0 spiro atoms. The van der Waals surface area contributed by atoms with Gasteiger partial charge in [0.2, 0.25) is 0 Å². The maximum atomic E-state index is 10.5. The van der Waals surface area contributed by atoms with E-state index in [1.807, 2.05) is 66.7 Å². The van der Waals surface area contributed by atoms with Crippen LogP contribution in [-0.2, 0) is 4.79 Å². The van der Waals surface area contributed by atoms with E-state index in [1.165, 1.54) is 6.08 Å². The number of aliphatic carboxylic acids is 1. The molecule has 4 nitrogen and oxygen atoms in total. The van der Waals surface area contributed by atoms with Gasteiger partial charge in [-0.25, -0.2) is 0 Å². The second kappa shape index (κ2) is 8.97. The van der Waals surface area contributed by atoms with Crippen LogP contribution in [0.4, 0.5) is 0 Å². The van der Waals surface area contributed by atoms with Crippen LogP contribution in [0.1, 0.15) is 30.4 Å². The van der Waals surface area contributed by atoms with Gasteiger partial charge in [-0.2, -0.15) is 0 Å². The van der Waals surface area contributed by atoms with E-state index >= 15 is 0 Å². The molecule has 0 heterocycles. The zero-order valence-electron chi connectivity index (χ0n) is 13.9. The van der Waals surface area contributed by atoms with Gasteiger partial charge in [-0.1, -0.05) is 72.8 Å². The summed E-state index contributed by atoms with van der Waals surface area (Å²) >= 11 is 0. The third-order valence-corrected chi connectivity index (χ3v) is 3.73. The fraction of sp³-hybridized carbons (Fsp3) is 0.190. The smallest absolute Gasteiger partial charge is 0.303 e. The lowest BCUT2D eigenvalue weighted by Gasteiger charge is -2.16. The number of carbonyl (C=O) groups is 1. The van der Waals surface area contributed by atoms with Gasteiger partial charge in [0.1, 0.15) is 0 Å². The first-order valence-electron chi connectivity index (χ1n) is 8.15. The first-order valence-corrected chi connectivity index (χ1v) is 8.15. The van der Waals surface area contributed by atoms with Crippen molar-refractivity contribution in [2.45, 2.75) is 25.0 Å². The Bertz CT molecular complexity index is 690. The Balaban J connectivity index is 2.19. The number of allylic oxidation sites excluding steroid dienone is 2. The average Bonchev–Trinajstić information content (AvgIpc) is 2.60. The molecular formula is C21H22O4. The largest absolute Gasteiger partial charge is 0.481 e. The summed E-state index contributed by atoms with van der Waals surface area (Å²) in [6.45, 7) is 0. The van der Waals surface area contributed by atoms with E-state index in [-0.39, 0.29) is 19.3 Å². The fourth-order valence-corrected chi connectivity index (χ4v) is 2.48. The number of rotatable bonds is 8. The van der Waals surface area contributed by atoms with Crippen LogP contribution in [0.2, 0.25) is 0 Å². The minimum absolute atomic E-state index is 0.0321. The van der Waals surface area contributed by atoms with Crippen molar-refractivity contribution in [1.29, 1.82) is 0 Å². The normalized spacial score (nSPS) is 11.4. The lowest BCUT2D eigenvalue weighted by Crippen LogP contribution is -2.24. The molecule has 25 heavy (non-hydrogen) atoms. The van der Waals surface area contributed by atoms with Crippen LogP contribution < -0.4 is 0 Å². The number of carboxylic acids is 1. The van der Waals surface area contributed by atoms with E-state index in [4.69, 9.17) is 5.11 Å². The second-order valence-electron chi connectivity index (χ2n) is 5.80. The Morgan fingerprint density at radius 1 is 0.920 bits per heavy atom. The quantitative estimate of drug-likeness (QED) is 0.507.